The summed E-state index contributed by atoms with van der Waals surface area (Å²) in [4.78, 5) is 0. The molecule has 54 valence electrons. The molecule has 2 nitrogen and oxygen atoms in total. The summed E-state index contributed by atoms with van der Waals surface area (Å²) in [6.45, 7) is 2.14. The predicted octanol–water partition coefficient (Wildman–Crippen LogP) is 2.03. The first kappa shape index (κ1) is 6.93. The highest BCUT2D eigenvalue weighted by Crippen LogP contribution is 1.93. The molecule has 0 amide bonds. The van der Waals surface area contributed by atoms with Crippen molar-refractivity contribution in [2.24, 2.45) is 0 Å². The minimum atomic E-state index is 1.07. The van der Waals surface area contributed by atoms with E-state index < -0.39 is 0 Å². The van der Waals surface area contributed by atoms with E-state index in [1.54, 1.807) is 0 Å². The molecule has 0 atom stereocenters. The molecule has 0 radical (unpaired) electrons. The minimum Gasteiger partial charge on any atom is -0.309 e. The van der Waals surface area contributed by atoms with Crippen molar-refractivity contribution in [3.8, 4) is 0 Å². The molecule has 0 aliphatic carbocycles. The van der Waals surface area contributed by atoms with Crippen molar-refractivity contribution in [3.63, 3.8) is 0 Å². The Bertz CT molecular complexity index is 201. The van der Waals surface area contributed by atoms with E-state index in [4.69, 9.17) is 0 Å². The summed E-state index contributed by atoms with van der Waals surface area (Å²) in [5, 5.41) is 5.76. The first-order valence-corrected chi connectivity index (χ1v) is 3.47. The molecule has 0 aliphatic heterocycles. The number of aromatic nitrogens is 2. The Labute approximate surface area is 60.6 Å². The zero-order chi connectivity index (χ0) is 7.23. The molecule has 1 aromatic heterocycles. The van der Waals surface area contributed by atoms with Crippen LogP contribution >= 0.6 is 0 Å². The van der Waals surface area contributed by atoms with Gasteiger partial charge in [0.1, 0.15) is 0 Å². The molecule has 0 spiro atoms. The van der Waals surface area contributed by atoms with Gasteiger partial charge in [-0.2, -0.15) is 0 Å². The summed E-state index contributed by atoms with van der Waals surface area (Å²) in [5.74, 6) is 0. The van der Waals surface area contributed by atoms with Gasteiger partial charge in [-0.05, 0) is 24.1 Å². The standard InChI is InChI=1S/C8H12N2/c1-2-8-4-3-6-9-10-7-5-8/h3-7,9-10H,2H2,1H3. The van der Waals surface area contributed by atoms with E-state index in [9.17, 15) is 0 Å². The van der Waals surface area contributed by atoms with Crippen LogP contribution in [0, 0.1) is 0 Å². The molecule has 0 bridgehead atoms. The van der Waals surface area contributed by atoms with Crippen LogP contribution in [0.2, 0.25) is 0 Å². The molecule has 0 fully saturated rings. The fraction of sp³-hybridized carbons (Fsp3) is 0.250. The number of nitrogens with one attached hydrogen (secondary N) is 2. The molecule has 10 heavy (non-hydrogen) atoms. The molecular weight excluding hydrogens is 124 g/mol. The van der Waals surface area contributed by atoms with E-state index in [1.807, 2.05) is 18.5 Å². The zero-order valence-corrected chi connectivity index (χ0v) is 6.09. The summed E-state index contributed by atoms with van der Waals surface area (Å²) in [5.41, 5.74) is 1.32. The number of rotatable bonds is 1. The van der Waals surface area contributed by atoms with Crippen LogP contribution in [0.3, 0.4) is 0 Å². The molecule has 1 rings (SSSR count). The molecule has 0 aromatic carbocycles. The fourth-order valence-electron chi connectivity index (χ4n) is 0.756. The zero-order valence-electron chi connectivity index (χ0n) is 6.09. The van der Waals surface area contributed by atoms with E-state index in [0.29, 0.717) is 0 Å². The Morgan fingerprint density at radius 2 is 2.00 bits per heavy atom. The molecule has 2 N–H and O–H groups in total. The van der Waals surface area contributed by atoms with Gasteiger partial charge >= 0.3 is 0 Å². The lowest BCUT2D eigenvalue weighted by atomic mass is 10.2. The average molecular weight is 136 g/mol. The average Bonchev–Trinajstić information content (AvgIpc) is 1.87. The van der Waals surface area contributed by atoms with Crippen molar-refractivity contribution in [2.75, 3.05) is 0 Å². The van der Waals surface area contributed by atoms with Crippen LogP contribution < -0.4 is 0 Å². The monoisotopic (exact) mass is 136 g/mol. The second-order valence-electron chi connectivity index (χ2n) is 2.08. The third kappa shape index (κ3) is 1.97. The highest BCUT2D eigenvalue weighted by molar-refractivity contribution is 5.07. The quantitative estimate of drug-likeness (QED) is 0.592. The maximum atomic E-state index is 2.89. The largest absolute Gasteiger partial charge is 0.309 e. The van der Waals surface area contributed by atoms with E-state index >= 15 is 0 Å². The molecular formula is C8H12N2. The van der Waals surface area contributed by atoms with Crippen LogP contribution in [0.25, 0.3) is 0 Å². The highest BCUT2D eigenvalue weighted by atomic mass is 15.1. The summed E-state index contributed by atoms with van der Waals surface area (Å²) in [6.07, 6.45) is 4.82. The van der Waals surface area contributed by atoms with Crippen LogP contribution in [0.1, 0.15) is 12.5 Å². The Kier molecular flexibility index (Phi) is 2.62. The first-order chi connectivity index (χ1) is 4.93. The van der Waals surface area contributed by atoms with Gasteiger partial charge in [0.25, 0.3) is 0 Å². The van der Waals surface area contributed by atoms with E-state index in [0.717, 1.165) is 6.42 Å². The molecule has 0 aliphatic rings. The highest BCUT2D eigenvalue weighted by Gasteiger charge is 1.78. The van der Waals surface area contributed by atoms with Crippen molar-refractivity contribution >= 4 is 0 Å². The Balaban J connectivity index is 2.99. The van der Waals surface area contributed by atoms with Gasteiger partial charge in [0.2, 0.25) is 0 Å². The van der Waals surface area contributed by atoms with Crippen LogP contribution in [-0.2, 0) is 6.42 Å². The topological polar surface area (TPSA) is 31.6 Å². The summed E-state index contributed by atoms with van der Waals surface area (Å²) in [6, 6.07) is 6.12. The molecule has 1 aromatic rings. The predicted molar refractivity (Wildman–Crippen MR) is 42.1 cm³/mol. The SMILES string of the molecule is CCc1ccc[nH][nH]cc1. The number of aromatic amines is 2. The van der Waals surface area contributed by atoms with Gasteiger partial charge in [-0.15, -0.1) is 0 Å². The van der Waals surface area contributed by atoms with Crippen LogP contribution in [-0.4, -0.2) is 10.2 Å². The van der Waals surface area contributed by atoms with Crippen molar-refractivity contribution in [1.29, 1.82) is 0 Å². The normalized spacial score (nSPS) is 8.90. The van der Waals surface area contributed by atoms with Gasteiger partial charge in [0, 0.05) is 12.4 Å². The van der Waals surface area contributed by atoms with Gasteiger partial charge in [-0.3, -0.25) is 0 Å². The molecule has 0 saturated carbocycles. The van der Waals surface area contributed by atoms with Crippen molar-refractivity contribution in [3.05, 3.63) is 36.2 Å². The van der Waals surface area contributed by atoms with Crippen molar-refractivity contribution in [2.45, 2.75) is 13.3 Å². The van der Waals surface area contributed by atoms with Gasteiger partial charge < -0.3 is 10.2 Å². The van der Waals surface area contributed by atoms with E-state index in [2.05, 4.69) is 29.3 Å². The Hall–Kier alpha value is -1.18. The third-order valence-electron chi connectivity index (χ3n) is 1.36. The number of hydrogen-bond donors (Lipinski definition) is 2. The lowest BCUT2D eigenvalue weighted by molar-refractivity contribution is 1.03. The van der Waals surface area contributed by atoms with Crippen molar-refractivity contribution < 1.29 is 0 Å². The van der Waals surface area contributed by atoms with Crippen LogP contribution in [0.4, 0.5) is 0 Å². The van der Waals surface area contributed by atoms with E-state index in [1.165, 1.54) is 5.56 Å². The van der Waals surface area contributed by atoms with Crippen LogP contribution in [0.5, 0.6) is 0 Å². The fourth-order valence-corrected chi connectivity index (χ4v) is 0.756. The molecule has 1 heterocycles. The van der Waals surface area contributed by atoms with Gasteiger partial charge in [-0.25, -0.2) is 0 Å². The third-order valence-corrected chi connectivity index (χ3v) is 1.36. The van der Waals surface area contributed by atoms with Gasteiger partial charge in [-0.1, -0.05) is 13.0 Å². The lowest BCUT2D eigenvalue weighted by Gasteiger charge is -1.89. The second kappa shape index (κ2) is 3.77. The van der Waals surface area contributed by atoms with Gasteiger partial charge in [0.15, 0.2) is 0 Å². The minimum absolute atomic E-state index is 1.07. The lowest BCUT2D eigenvalue weighted by Crippen LogP contribution is -1.77. The van der Waals surface area contributed by atoms with Crippen LogP contribution in [0.15, 0.2) is 30.6 Å². The summed E-state index contributed by atoms with van der Waals surface area (Å²) < 4.78 is 0. The smallest absolute Gasteiger partial charge is 0.0180 e. The van der Waals surface area contributed by atoms with Crippen molar-refractivity contribution in [1.82, 2.24) is 10.2 Å². The molecule has 2 heteroatoms. The molecule has 0 saturated heterocycles. The van der Waals surface area contributed by atoms with E-state index in [-0.39, 0.29) is 0 Å². The summed E-state index contributed by atoms with van der Waals surface area (Å²) >= 11 is 0. The maximum absolute atomic E-state index is 2.89. The summed E-state index contributed by atoms with van der Waals surface area (Å²) in [7, 11) is 0. The second-order valence-corrected chi connectivity index (χ2v) is 2.08. The first-order valence-electron chi connectivity index (χ1n) is 3.47. The number of H-pyrrole nitrogens is 2. The number of hydrogen-bond acceptors (Lipinski definition) is 0. The molecule has 0 unspecified atom stereocenters. The number of aryl methyl sites for hydroxylation is 1. The van der Waals surface area contributed by atoms with Gasteiger partial charge in [0.05, 0.1) is 0 Å². The Morgan fingerprint density at radius 3 is 2.80 bits per heavy atom. The Morgan fingerprint density at radius 1 is 1.20 bits per heavy atom. The maximum Gasteiger partial charge on any atom is 0.0180 e.